The number of aliphatic hydroxyl groups excluding tert-OH is 1. The number of likely N-dealkylation sites (tertiary alicyclic amines) is 1. The molecule has 10 nitrogen and oxygen atoms in total. The van der Waals surface area contributed by atoms with Gasteiger partial charge in [-0.2, -0.15) is 0 Å². The summed E-state index contributed by atoms with van der Waals surface area (Å²) in [6.07, 6.45) is 1.21. The highest BCUT2D eigenvalue weighted by Gasteiger charge is 2.34. The first-order valence-electron chi connectivity index (χ1n) is 15.6. The Kier molecular flexibility index (Phi) is 9.57. The van der Waals surface area contributed by atoms with Crippen LogP contribution in [0.5, 0.6) is 0 Å². The van der Waals surface area contributed by atoms with Crippen LogP contribution in [-0.2, 0) is 16.2 Å². The van der Waals surface area contributed by atoms with Gasteiger partial charge in [-0.3, -0.25) is 19.1 Å². The number of nitrogens with two attached hydrogens (primary N) is 1. The van der Waals surface area contributed by atoms with E-state index in [9.17, 15) is 14.7 Å². The molecular weight excluding hydrogens is 634 g/mol. The van der Waals surface area contributed by atoms with Crippen molar-refractivity contribution >= 4 is 46.2 Å². The zero-order valence-electron chi connectivity index (χ0n) is 26.5. The molecule has 1 fully saturated rings. The average Bonchev–Trinajstić information content (AvgIpc) is 3.55. The fraction of sp³-hybridized carbons (Fsp3) is 0.343. The van der Waals surface area contributed by atoms with E-state index in [-0.39, 0.29) is 37.3 Å². The molecule has 4 N–H and O–H groups in total. The van der Waals surface area contributed by atoms with Crippen LogP contribution >= 0.6 is 22.9 Å². The molecule has 1 atom stereocenters. The summed E-state index contributed by atoms with van der Waals surface area (Å²) in [6.45, 7) is 7.06. The van der Waals surface area contributed by atoms with Gasteiger partial charge in [0.15, 0.2) is 5.82 Å². The highest BCUT2D eigenvalue weighted by atomic mass is 35.5. The first-order chi connectivity index (χ1) is 22.7. The second-order valence-corrected chi connectivity index (χ2v) is 13.4. The number of anilines is 1. The third-order valence-electron chi connectivity index (χ3n) is 8.81. The maximum absolute atomic E-state index is 13.8. The molecule has 0 unspecified atom stereocenters. The van der Waals surface area contributed by atoms with Crippen molar-refractivity contribution in [2.24, 2.45) is 16.6 Å². The van der Waals surface area contributed by atoms with Gasteiger partial charge in [-0.05, 0) is 75.1 Å². The van der Waals surface area contributed by atoms with Crippen LogP contribution in [0, 0.1) is 38.5 Å². The molecule has 0 radical (unpaired) electrons. The number of hydrogen-bond acceptors (Lipinski definition) is 8. The van der Waals surface area contributed by atoms with Gasteiger partial charge in [0.2, 0.25) is 11.8 Å². The van der Waals surface area contributed by atoms with Crippen LogP contribution < -0.4 is 11.1 Å². The van der Waals surface area contributed by atoms with Gasteiger partial charge in [0.1, 0.15) is 16.9 Å². The number of halogens is 1. The maximum atomic E-state index is 13.8. The summed E-state index contributed by atoms with van der Waals surface area (Å²) < 4.78 is 2.04. The minimum atomic E-state index is -0.548. The number of fused-ring (bicyclic) bond motifs is 3. The lowest BCUT2D eigenvalue weighted by atomic mass is 9.95. The number of hydrogen-bond donors (Lipinski definition) is 3. The van der Waals surface area contributed by atoms with Gasteiger partial charge in [0.25, 0.3) is 0 Å². The molecule has 2 aliphatic heterocycles. The van der Waals surface area contributed by atoms with E-state index in [1.807, 2.05) is 40.7 Å². The Bertz CT molecular complexity index is 1930. The van der Waals surface area contributed by atoms with Gasteiger partial charge < -0.3 is 21.1 Å². The standard InChI is InChI=1S/C35H36ClN7O3S/c1-20-21(2)47-35-31(20)32(24-6-9-27(36)10-7-24)39-29(33-41-40-22(3)43(33)35)18-30(45)42-15-12-25(13-16-42)34(46)38-28-11-8-23(5-4-14-37)26(17-28)19-44/h6-11,17,25,29,44H,12-16,18-19,37H2,1-3H3,(H,38,46)/t29-/m0/s1. The molecule has 2 aliphatic rings. The number of amides is 2. The molecular formula is C35H36ClN7O3S. The summed E-state index contributed by atoms with van der Waals surface area (Å²) in [6, 6.07) is 12.3. The SMILES string of the molecule is Cc1sc2c(c1C)C(c1ccc(Cl)cc1)=N[C@@H](CC(=O)N1CCC(C(=O)Nc3ccc(C#CCN)c(CO)c3)CC1)c1nnc(C)n1-2. The summed E-state index contributed by atoms with van der Waals surface area (Å²) in [7, 11) is 0. The number of aryl methyl sites for hydroxylation is 2. The van der Waals surface area contributed by atoms with Crippen molar-refractivity contribution in [1.29, 1.82) is 0 Å². The Hall–Kier alpha value is -4.34. The lowest BCUT2D eigenvalue weighted by Gasteiger charge is -2.32. The van der Waals surface area contributed by atoms with E-state index in [0.717, 1.165) is 33.2 Å². The zero-order valence-corrected chi connectivity index (χ0v) is 28.1. The highest BCUT2D eigenvalue weighted by molar-refractivity contribution is 7.15. The second kappa shape index (κ2) is 13.8. The van der Waals surface area contributed by atoms with Crippen molar-refractivity contribution in [3.63, 3.8) is 0 Å². The van der Waals surface area contributed by atoms with E-state index in [0.29, 0.717) is 53.6 Å². The molecule has 2 amide bonds. The summed E-state index contributed by atoms with van der Waals surface area (Å²) in [5.41, 5.74) is 11.2. The minimum Gasteiger partial charge on any atom is -0.392 e. The number of carbonyl (C=O) groups excluding carboxylic acids is 2. The largest absolute Gasteiger partial charge is 0.392 e. The van der Waals surface area contributed by atoms with Crippen molar-refractivity contribution in [1.82, 2.24) is 19.7 Å². The molecule has 2 aromatic heterocycles. The molecule has 1 saturated heterocycles. The number of carbonyl (C=O) groups is 2. The smallest absolute Gasteiger partial charge is 0.227 e. The van der Waals surface area contributed by atoms with Crippen molar-refractivity contribution in [3.8, 4) is 16.8 Å². The number of rotatable bonds is 6. The zero-order chi connectivity index (χ0) is 33.2. The van der Waals surface area contributed by atoms with E-state index in [1.165, 1.54) is 4.88 Å². The summed E-state index contributed by atoms with van der Waals surface area (Å²) in [5.74, 6) is 6.71. The second-order valence-electron chi connectivity index (χ2n) is 11.8. The van der Waals surface area contributed by atoms with Gasteiger partial charge in [0, 0.05) is 51.3 Å². The number of aromatic nitrogens is 3. The first-order valence-corrected chi connectivity index (χ1v) is 16.8. The highest BCUT2D eigenvalue weighted by Crippen LogP contribution is 2.40. The summed E-state index contributed by atoms with van der Waals surface area (Å²) in [5, 5.41) is 23.3. The number of benzene rings is 2. The van der Waals surface area contributed by atoms with E-state index < -0.39 is 6.04 Å². The van der Waals surface area contributed by atoms with Gasteiger partial charge >= 0.3 is 0 Å². The minimum absolute atomic E-state index is 0.0415. The Labute approximate surface area is 282 Å². The lowest BCUT2D eigenvalue weighted by molar-refractivity contribution is -0.134. The third kappa shape index (κ3) is 6.60. The molecule has 0 aliphatic carbocycles. The van der Waals surface area contributed by atoms with Crippen LogP contribution in [0.2, 0.25) is 5.02 Å². The molecule has 0 spiro atoms. The summed E-state index contributed by atoms with van der Waals surface area (Å²) >= 11 is 7.90. The molecule has 2 aromatic carbocycles. The normalized spacial score (nSPS) is 16.0. The first kappa shape index (κ1) is 32.6. The molecule has 6 rings (SSSR count). The Morgan fingerprint density at radius 2 is 1.85 bits per heavy atom. The Morgan fingerprint density at radius 1 is 1.11 bits per heavy atom. The van der Waals surface area contributed by atoms with Crippen LogP contribution in [0.15, 0.2) is 47.5 Å². The number of nitrogens with one attached hydrogen (secondary N) is 1. The van der Waals surface area contributed by atoms with Crippen molar-refractivity contribution in [2.75, 3.05) is 25.0 Å². The van der Waals surface area contributed by atoms with Gasteiger partial charge in [-0.15, -0.1) is 21.5 Å². The van der Waals surface area contributed by atoms with E-state index in [2.05, 4.69) is 41.2 Å². The van der Waals surface area contributed by atoms with Crippen LogP contribution in [0.3, 0.4) is 0 Å². The van der Waals surface area contributed by atoms with Crippen molar-refractivity contribution in [2.45, 2.75) is 52.7 Å². The van der Waals surface area contributed by atoms with Crippen LogP contribution in [0.4, 0.5) is 5.69 Å². The van der Waals surface area contributed by atoms with Gasteiger partial charge in [0.05, 0.1) is 25.3 Å². The van der Waals surface area contributed by atoms with Crippen LogP contribution in [-0.4, -0.2) is 61.9 Å². The molecule has 242 valence electrons. The van der Waals surface area contributed by atoms with Crippen LogP contribution in [0.1, 0.15) is 69.6 Å². The molecule has 0 bridgehead atoms. The van der Waals surface area contributed by atoms with Crippen molar-refractivity contribution in [3.05, 3.63) is 91.8 Å². The predicted octanol–water partition coefficient (Wildman–Crippen LogP) is 4.87. The third-order valence-corrected chi connectivity index (χ3v) is 10.3. The molecule has 12 heteroatoms. The number of aliphatic imine (C=N–C) groups is 1. The van der Waals surface area contributed by atoms with Crippen molar-refractivity contribution < 1.29 is 14.7 Å². The quantitative estimate of drug-likeness (QED) is 0.251. The number of piperidine rings is 1. The van der Waals surface area contributed by atoms with E-state index in [1.54, 1.807) is 29.5 Å². The monoisotopic (exact) mass is 669 g/mol. The number of nitrogens with zero attached hydrogens (tertiary/aromatic N) is 5. The van der Waals surface area contributed by atoms with Gasteiger partial charge in [-0.1, -0.05) is 35.6 Å². The molecule has 4 aromatic rings. The Balaban J connectivity index is 1.18. The fourth-order valence-electron chi connectivity index (χ4n) is 6.13. The number of aliphatic hydroxyl groups is 1. The number of thiophene rings is 1. The predicted molar refractivity (Wildman–Crippen MR) is 184 cm³/mol. The molecule has 4 heterocycles. The van der Waals surface area contributed by atoms with Gasteiger partial charge in [-0.25, -0.2) is 0 Å². The summed E-state index contributed by atoms with van der Waals surface area (Å²) in [4.78, 5) is 35.2. The molecule has 47 heavy (non-hydrogen) atoms. The van der Waals surface area contributed by atoms with Crippen LogP contribution in [0.25, 0.3) is 5.00 Å². The topological polar surface area (TPSA) is 139 Å². The lowest BCUT2D eigenvalue weighted by Crippen LogP contribution is -2.41. The van der Waals surface area contributed by atoms with E-state index >= 15 is 0 Å². The van der Waals surface area contributed by atoms with E-state index in [4.69, 9.17) is 22.3 Å². The molecule has 0 saturated carbocycles. The average molecular weight is 670 g/mol. The Morgan fingerprint density at radius 3 is 2.55 bits per heavy atom. The fourth-order valence-corrected chi connectivity index (χ4v) is 7.47. The maximum Gasteiger partial charge on any atom is 0.227 e.